The molecule has 0 spiro atoms. The van der Waals surface area contributed by atoms with Crippen LogP contribution in [0.3, 0.4) is 0 Å². The van der Waals surface area contributed by atoms with Crippen LogP contribution in [-0.2, 0) is 10.9 Å². The van der Waals surface area contributed by atoms with Gasteiger partial charge in [0.2, 0.25) is 12.2 Å². The highest BCUT2D eigenvalue weighted by Crippen LogP contribution is 2.39. The molecule has 2 aromatic heterocycles. The molecule has 3 rings (SSSR count). The van der Waals surface area contributed by atoms with Gasteiger partial charge in [0.15, 0.2) is 12.2 Å². The van der Waals surface area contributed by atoms with Crippen LogP contribution in [0.1, 0.15) is 5.56 Å². The van der Waals surface area contributed by atoms with E-state index in [9.17, 15) is 13.2 Å². The average Bonchev–Trinajstić information content (AvgIpc) is 3.21. The molecule has 0 atom stereocenters. The average molecular weight is 406 g/mol. The minimum absolute atomic E-state index is 0.0133. The summed E-state index contributed by atoms with van der Waals surface area (Å²) >= 11 is 12.1. The molecule has 12 heteroatoms. The van der Waals surface area contributed by atoms with Crippen LogP contribution < -0.4 is 0 Å². The predicted octanol–water partition coefficient (Wildman–Crippen LogP) is 4.55. The Balaban J connectivity index is 2.18. The van der Waals surface area contributed by atoms with Crippen LogP contribution in [0.2, 0.25) is 10.0 Å². The van der Waals surface area contributed by atoms with Crippen molar-refractivity contribution in [1.29, 1.82) is 0 Å². The Morgan fingerprint density at radius 2 is 1.92 bits per heavy atom. The molecule has 1 aromatic carbocycles. The number of rotatable bonds is 4. The first-order valence-corrected chi connectivity index (χ1v) is 7.55. The Labute approximate surface area is 154 Å². The zero-order valence-corrected chi connectivity index (χ0v) is 14.3. The second kappa shape index (κ2) is 6.96. The summed E-state index contributed by atoms with van der Waals surface area (Å²) in [5, 5.41) is 7.32. The quantitative estimate of drug-likeness (QED) is 0.469. The maximum atomic E-state index is 12.9. The number of ether oxygens (including phenoxy) is 1. The van der Waals surface area contributed by atoms with E-state index in [0.717, 1.165) is 29.6 Å². The number of benzene rings is 1. The molecule has 136 valence electrons. The van der Waals surface area contributed by atoms with Crippen LogP contribution in [0.15, 0.2) is 34.1 Å². The summed E-state index contributed by atoms with van der Waals surface area (Å²) in [5.74, 6) is 0.326. The summed E-state index contributed by atoms with van der Waals surface area (Å²) in [6.45, 7) is 0. The van der Waals surface area contributed by atoms with Crippen molar-refractivity contribution >= 4 is 35.4 Å². The predicted molar refractivity (Wildman–Crippen MR) is 87.0 cm³/mol. The zero-order chi connectivity index (χ0) is 18.9. The van der Waals surface area contributed by atoms with Crippen molar-refractivity contribution in [2.75, 3.05) is 7.11 Å². The molecule has 0 bridgehead atoms. The minimum atomic E-state index is -4.59. The van der Waals surface area contributed by atoms with Gasteiger partial charge in [0.25, 0.3) is 0 Å². The number of alkyl halides is 3. The third kappa shape index (κ3) is 3.51. The lowest BCUT2D eigenvalue weighted by molar-refractivity contribution is -0.137. The van der Waals surface area contributed by atoms with Crippen LogP contribution in [0.5, 0.6) is 0 Å². The molecule has 0 N–H and O–H groups in total. The second-order valence-electron chi connectivity index (χ2n) is 4.81. The van der Waals surface area contributed by atoms with E-state index >= 15 is 0 Å². The van der Waals surface area contributed by atoms with Gasteiger partial charge in [-0.1, -0.05) is 28.4 Å². The molecule has 0 saturated carbocycles. The molecule has 0 unspecified atom stereocenters. The van der Waals surface area contributed by atoms with Crippen LogP contribution >= 0.6 is 23.2 Å². The molecular formula is C14H8Cl2F3N5O2. The molecule has 0 aliphatic carbocycles. The van der Waals surface area contributed by atoms with E-state index < -0.39 is 11.7 Å². The Bertz CT molecular complexity index is 931. The normalized spacial score (nSPS) is 12.1. The van der Waals surface area contributed by atoms with Gasteiger partial charge < -0.3 is 9.26 Å². The van der Waals surface area contributed by atoms with Crippen molar-refractivity contribution in [2.24, 2.45) is 4.99 Å². The molecule has 0 aliphatic heterocycles. The van der Waals surface area contributed by atoms with Crippen molar-refractivity contribution in [3.63, 3.8) is 0 Å². The molecule has 7 nitrogen and oxygen atoms in total. The standard InChI is InChI=1S/C14H8Cl2F3N5O2/c1-25-5-20-11-4-10(13-21-6-26-23-13)22-24(11)12-8(15)2-7(3-9(12)16)14(17,18)19/h2-6H,1H3/b20-5+. The maximum absolute atomic E-state index is 12.9. The molecule has 0 amide bonds. The summed E-state index contributed by atoms with van der Waals surface area (Å²) in [7, 11) is 1.38. The number of aromatic nitrogens is 4. The van der Waals surface area contributed by atoms with Crippen LogP contribution in [0.25, 0.3) is 17.2 Å². The highest BCUT2D eigenvalue weighted by molar-refractivity contribution is 6.38. The lowest BCUT2D eigenvalue weighted by atomic mass is 10.2. The van der Waals surface area contributed by atoms with Gasteiger partial charge >= 0.3 is 6.18 Å². The number of halogens is 5. The van der Waals surface area contributed by atoms with E-state index in [0.29, 0.717) is 0 Å². The van der Waals surface area contributed by atoms with E-state index in [1.807, 2.05) is 0 Å². The van der Waals surface area contributed by atoms with E-state index in [1.54, 1.807) is 0 Å². The number of hydrogen-bond donors (Lipinski definition) is 0. The van der Waals surface area contributed by atoms with Crippen molar-refractivity contribution in [3.8, 4) is 17.2 Å². The molecule has 0 aliphatic rings. The fraction of sp³-hybridized carbons (Fsp3) is 0.143. The zero-order valence-electron chi connectivity index (χ0n) is 12.8. The molecule has 0 fully saturated rings. The van der Waals surface area contributed by atoms with Gasteiger partial charge in [-0.15, -0.1) is 0 Å². The van der Waals surface area contributed by atoms with Gasteiger partial charge in [-0.05, 0) is 12.1 Å². The number of aliphatic imine (C=N–C) groups is 1. The third-order valence-corrected chi connectivity index (χ3v) is 3.70. The number of methoxy groups -OCH3 is 1. The van der Waals surface area contributed by atoms with Gasteiger partial charge in [0, 0.05) is 6.07 Å². The number of nitrogens with zero attached hydrogens (tertiary/aromatic N) is 5. The van der Waals surface area contributed by atoms with E-state index in [4.69, 9.17) is 27.9 Å². The highest BCUT2D eigenvalue weighted by Gasteiger charge is 2.32. The monoisotopic (exact) mass is 405 g/mol. The van der Waals surface area contributed by atoms with Gasteiger partial charge in [0.1, 0.15) is 11.4 Å². The van der Waals surface area contributed by atoms with Gasteiger partial charge in [0.05, 0.1) is 22.7 Å². The first-order chi connectivity index (χ1) is 12.3. The molecule has 26 heavy (non-hydrogen) atoms. The Morgan fingerprint density at radius 1 is 1.23 bits per heavy atom. The van der Waals surface area contributed by atoms with Crippen molar-refractivity contribution < 1.29 is 22.4 Å². The smallest absolute Gasteiger partial charge is 0.416 e. The van der Waals surface area contributed by atoms with E-state index in [-0.39, 0.29) is 33.1 Å². The SMILES string of the molecule is CO/C=N/c1cc(-c2ncon2)nn1-c1c(Cl)cc(C(F)(F)F)cc1Cl. The van der Waals surface area contributed by atoms with Crippen LogP contribution in [-0.4, -0.2) is 33.4 Å². The maximum Gasteiger partial charge on any atom is 0.416 e. The number of hydrogen-bond acceptors (Lipinski definition) is 6. The largest absolute Gasteiger partial charge is 0.486 e. The molecule has 2 heterocycles. The first kappa shape index (κ1) is 18.2. The third-order valence-electron chi connectivity index (χ3n) is 3.13. The van der Waals surface area contributed by atoms with Crippen LogP contribution in [0.4, 0.5) is 19.0 Å². The van der Waals surface area contributed by atoms with Gasteiger partial charge in [-0.3, -0.25) is 0 Å². The molecule has 0 saturated heterocycles. The van der Waals surface area contributed by atoms with Gasteiger partial charge in [-0.25, -0.2) is 9.67 Å². The fourth-order valence-electron chi connectivity index (χ4n) is 2.06. The highest BCUT2D eigenvalue weighted by atomic mass is 35.5. The van der Waals surface area contributed by atoms with E-state index in [2.05, 4.69) is 24.8 Å². The molecule has 3 aromatic rings. The second-order valence-corrected chi connectivity index (χ2v) is 5.63. The molecular weight excluding hydrogens is 398 g/mol. The molecule has 0 radical (unpaired) electrons. The lowest BCUT2D eigenvalue weighted by Crippen LogP contribution is -2.07. The first-order valence-electron chi connectivity index (χ1n) is 6.80. The lowest BCUT2D eigenvalue weighted by Gasteiger charge is -2.13. The summed E-state index contributed by atoms with van der Waals surface area (Å²) in [4.78, 5) is 7.87. The summed E-state index contributed by atoms with van der Waals surface area (Å²) in [6, 6.07) is 2.97. The van der Waals surface area contributed by atoms with Crippen molar-refractivity contribution in [2.45, 2.75) is 6.18 Å². The van der Waals surface area contributed by atoms with E-state index in [1.165, 1.54) is 13.2 Å². The summed E-state index contributed by atoms with van der Waals surface area (Å²) < 4.78 is 49.3. The fourth-order valence-corrected chi connectivity index (χ4v) is 2.71. The topological polar surface area (TPSA) is 78.3 Å². The van der Waals surface area contributed by atoms with Crippen molar-refractivity contribution in [1.82, 2.24) is 19.9 Å². The Hall–Kier alpha value is -2.59. The summed E-state index contributed by atoms with van der Waals surface area (Å²) in [5.41, 5.74) is -0.725. The Kier molecular flexibility index (Phi) is 4.88. The Morgan fingerprint density at radius 3 is 2.46 bits per heavy atom. The summed E-state index contributed by atoms with van der Waals surface area (Å²) in [6.07, 6.45) is -2.38. The van der Waals surface area contributed by atoms with Gasteiger partial charge in [-0.2, -0.15) is 23.3 Å². The van der Waals surface area contributed by atoms with Crippen LogP contribution in [0, 0.1) is 0 Å². The van der Waals surface area contributed by atoms with Crippen molar-refractivity contribution in [3.05, 3.63) is 40.2 Å². The minimum Gasteiger partial charge on any atom is -0.486 e.